The second-order valence-corrected chi connectivity index (χ2v) is 8.96. The number of thioether (sulfide) groups is 1. The van der Waals surface area contributed by atoms with E-state index in [-0.39, 0.29) is 4.75 Å². The van der Waals surface area contributed by atoms with Gasteiger partial charge in [-0.3, -0.25) is 0 Å². The second-order valence-electron chi connectivity index (χ2n) is 4.68. The van der Waals surface area contributed by atoms with Crippen molar-refractivity contribution in [2.75, 3.05) is 6.26 Å². The van der Waals surface area contributed by atoms with Crippen molar-refractivity contribution >= 4 is 68.2 Å². The van der Waals surface area contributed by atoms with Gasteiger partial charge >= 0.3 is 0 Å². The lowest BCUT2D eigenvalue weighted by molar-refractivity contribution is 0.812. The molecule has 0 unspecified atom stereocenters. The third kappa shape index (κ3) is 5.81. The summed E-state index contributed by atoms with van der Waals surface area (Å²) >= 11 is 10.7. The number of nitrogens with one attached hydrogen (secondary N) is 1. The molecule has 19 heavy (non-hydrogen) atoms. The summed E-state index contributed by atoms with van der Waals surface area (Å²) in [5.74, 6) is 0. The third-order valence-corrected chi connectivity index (χ3v) is 4.27. The number of pyridine rings is 1. The van der Waals surface area contributed by atoms with Crippen LogP contribution in [0.3, 0.4) is 0 Å². The second kappa shape index (κ2) is 7.06. The van der Waals surface area contributed by atoms with Gasteiger partial charge in [0.1, 0.15) is 0 Å². The van der Waals surface area contributed by atoms with E-state index >= 15 is 0 Å². The van der Waals surface area contributed by atoms with Crippen LogP contribution in [-0.2, 0) is 0 Å². The minimum atomic E-state index is 0.194. The maximum Gasteiger partial charge on any atom is 0.172 e. The Balaban J connectivity index is 0.000000312. The van der Waals surface area contributed by atoms with Gasteiger partial charge in [-0.2, -0.15) is 12.6 Å². The van der Waals surface area contributed by atoms with Crippen molar-refractivity contribution in [3.63, 3.8) is 0 Å². The van der Waals surface area contributed by atoms with Crippen molar-refractivity contribution in [3.8, 4) is 0 Å². The number of nitrogens with zero attached hydrogens (tertiary/aromatic N) is 2. The predicted octanol–water partition coefficient (Wildman–Crippen LogP) is 4.89. The largest absolute Gasteiger partial charge is 0.306 e. The minimum Gasteiger partial charge on any atom is -0.306 e. The Morgan fingerprint density at radius 2 is 2.00 bits per heavy atom. The van der Waals surface area contributed by atoms with Crippen molar-refractivity contribution in [3.05, 3.63) is 16.2 Å². The Hall–Kier alpha value is -0.110. The van der Waals surface area contributed by atoms with E-state index in [0.717, 1.165) is 19.2 Å². The molecule has 0 aliphatic heterocycles. The Labute approximate surface area is 135 Å². The average Bonchev–Trinajstić information content (AvgIpc) is 2.67. The van der Waals surface area contributed by atoms with Crippen LogP contribution in [0, 0.1) is 5.41 Å². The van der Waals surface area contributed by atoms with E-state index in [1.165, 1.54) is 6.21 Å². The van der Waals surface area contributed by atoms with Gasteiger partial charge in [-0.05, 0) is 28.3 Å². The van der Waals surface area contributed by atoms with E-state index in [1.54, 1.807) is 23.1 Å². The van der Waals surface area contributed by atoms with Crippen LogP contribution in [0.15, 0.2) is 14.9 Å². The molecule has 0 bridgehead atoms. The first-order chi connectivity index (χ1) is 8.74. The third-order valence-electron chi connectivity index (χ3n) is 1.66. The van der Waals surface area contributed by atoms with E-state index in [4.69, 9.17) is 5.41 Å². The van der Waals surface area contributed by atoms with E-state index in [1.807, 2.05) is 12.3 Å². The first kappa shape index (κ1) is 16.9. The molecule has 0 amide bonds. The molecule has 2 aromatic rings. The Kier molecular flexibility index (Phi) is 6.29. The molecular formula is C12H16BrN3S3. The fraction of sp³-hybridized carbons (Fsp3) is 0.417. The molecule has 0 aliphatic rings. The Bertz CT molecular complexity index is 569. The molecular weight excluding hydrogens is 362 g/mol. The zero-order valence-electron chi connectivity index (χ0n) is 11.2. The Morgan fingerprint density at radius 1 is 1.42 bits per heavy atom. The van der Waals surface area contributed by atoms with Crippen LogP contribution >= 0.6 is 51.7 Å². The zero-order chi connectivity index (χ0) is 14.6. The molecule has 0 saturated carbocycles. The maximum atomic E-state index is 7.16. The Morgan fingerprint density at radius 3 is 2.47 bits per heavy atom. The van der Waals surface area contributed by atoms with Crippen molar-refractivity contribution in [1.29, 1.82) is 5.41 Å². The van der Waals surface area contributed by atoms with Gasteiger partial charge in [0.2, 0.25) is 0 Å². The quantitative estimate of drug-likeness (QED) is 0.445. The standard InChI is InChI=1S/C8H6BrN3S2.C4H10S/c1-13-8-12-7-6(14-8)2-4(9)5(3-10)11-7;1-4(2,3)5/h2-3,10H,1H3;5H,1-3H3. The van der Waals surface area contributed by atoms with Crippen LogP contribution in [-0.4, -0.2) is 27.2 Å². The van der Waals surface area contributed by atoms with Crippen LogP contribution in [0.2, 0.25) is 0 Å². The first-order valence-electron chi connectivity index (χ1n) is 5.48. The van der Waals surface area contributed by atoms with Gasteiger partial charge in [-0.25, -0.2) is 9.97 Å². The number of halogens is 1. The molecule has 3 nitrogen and oxygen atoms in total. The molecule has 2 rings (SSSR count). The normalized spacial score (nSPS) is 11.1. The fourth-order valence-electron chi connectivity index (χ4n) is 1.02. The summed E-state index contributed by atoms with van der Waals surface area (Å²) in [6.07, 6.45) is 3.21. The summed E-state index contributed by atoms with van der Waals surface area (Å²) in [6, 6.07) is 1.96. The average molecular weight is 378 g/mol. The molecule has 0 aromatic carbocycles. The first-order valence-corrected chi connectivity index (χ1v) is 8.76. The van der Waals surface area contributed by atoms with Crippen molar-refractivity contribution in [2.24, 2.45) is 0 Å². The number of thiazole rings is 1. The van der Waals surface area contributed by atoms with Gasteiger partial charge < -0.3 is 5.41 Å². The van der Waals surface area contributed by atoms with Crippen LogP contribution in [0.1, 0.15) is 26.5 Å². The molecule has 0 radical (unpaired) electrons. The maximum absolute atomic E-state index is 7.16. The SMILES string of the molecule is CC(C)(C)S.CSc1nc2nc(C=N)c(Br)cc2s1. The number of rotatable bonds is 2. The van der Waals surface area contributed by atoms with Crippen molar-refractivity contribution in [2.45, 2.75) is 29.9 Å². The molecule has 7 heteroatoms. The lowest BCUT2D eigenvalue weighted by Crippen LogP contribution is -1.99. The van der Waals surface area contributed by atoms with Gasteiger partial charge in [-0.15, -0.1) is 11.3 Å². The fourth-order valence-corrected chi connectivity index (χ4v) is 3.07. The monoisotopic (exact) mass is 377 g/mol. The molecule has 2 aromatic heterocycles. The summed E-state index contributed by atoms with van der Waals surface area (Å²) in [6.45, 7) is 6.16. The van der Waals surface area contributed by atoms with Gasteiger partial charge in [0.05, 0.1) is 10.4 Å². The summed E-state index contributed by atoms with van der Waals surface area (Å²) < 4.78 is 3.09. The summed E-state index contributed by atoms with van der Waals surface area (Å²) in [7, 11) is 0. The topological polar surface area (TPSA) is 49.6 Å². The number of fused-ring (bicyclic) bond motifs is 1. The van der Waals surface area contributed by atoms with Crippen LogP contribution in [0.25, 0.3) is 10.3 Å². The summed E-state index contributed by atoms with van der Waals surface area (Å²) in [5.41, 5.74) is 1.34. The molecule has 2 heterocycles. The van der Waals surface area contributed by atoms with Crippen molar-refractivity contribution in [1.82, 2.24) is 9.97 Å². The summed E-state index contributed by atoms with van der Waals surface area (Å²) in [5, 5.41) is 7.16. The van der Waals surface area contributed by atoms with E-state index < -0.39 is 0 Å². The minimum absolute atomic E-state index is 0.194. The molecule has 0 spiro atoms. The number of thiol groups is 1. The van der Waals surface area contributed by atoms with Gasteiger partial charge in [-0.1, -0.05) is 32.5 Å². The number of hydrogen-bond acceptors (Lipinski definition) is 6. The molecule has 104 valence electrons. The lowest BCUT2D eigenvalue weighted by atomic mass is 10.3. The van der Waals surface area contributed by atoms with Gasteiger partial charge in [0.25, 0.3) is 0 Å². The van der Waals surface area contributed by atoms with Crippen LogP contribution in [0.4, 0.5) is 0 Å². The molecule has 0 atom stereocenters. The molecule has 0 aliphatic carbocycles. The number of hydrogen-bond donors (Lipinski definition) is 2. The highest BCUT2D eigenvalue weighted by atomic mass is 79.9. The summed E-state index contributed by atoms with van der Waals surface area (Å²) in [4.78, 5) is 8.59. The highest BCUT2D eigenvalue weighted by molar-refractivity contribution is 9.10. The zero-order valence-corrected chi connectivity index (χ0v) is 15.3. The van der Waals surface area contributed by atoms with Gasteiger partial charge in [0, 0.05) is 15.4 Å². The highest BCUT2D eigenvalue weighted by Gasteiger charge is 2.07. The highest BCUT2D eigenvalue weighted by Crippen LogP contribution is 2.29. The van der Waals surface area contributed by atoms with Crippen LogP contribution < -0.4 is 0 Å². The van der Waals surface area contributed by atoms with E-state index in [2.05, 4.69) is 59.3 Å². The lowest BCUT2D eigenvalue weighted by Gasteiger charge is -2.04. The van der Waals surface area contributed by atoms with Gasteiger partial charge in [0.15, 0.2) is 9.99 Å². The predicted molar refractivity (Wildman–Crippen MR) is 93.5 cm³/mol. The smallest absolute Gasteiger partial charge is 0.172 e. The molecule has 0 fully saturated rings. The van der Waals surface area contributed by atoms with Crippen molar-refractivity contribution < 1.29 is 0 Å². The van der Waals surface area contributed by atoms with E-state index in [0.29, 0.717) is 5.69 Å². The molecule has 0 saturated heterocycles. The molecule has 1 N–H and O–H groups in total. The van der Waals surface area contributed by atoms with E-state index in [9.17, 15) is 0 Å². The number of aromatic nitrogens is 2. The van der Waals surface area contributed by atoms with Crippen LogP contribution in [0.5, 0.6) is 0 Å².